The van der Waals surface area contributed by atoms with E-state index in [2.05, 4.69) is 29.7 Å². The van der Waals surface area contributed by atoms with Crippen LogP contribution in [0.25, 0.3) is 0 Å². The molecule has 1 aromatic carbocycles. The Hall–Kier alpha value is -1.35. The first-order valence-corrected chi connectivity index (χ1v) is 6.71. The first-order chi connectivity index (χ1) is 8.69. The van der Waals surface area contributed by atoms with E-state index < -0.39 is 0 Å². The van der Waals surface area contributed by atoms with Gasteiger partial charge in [0.05, 0.1) is 6.04 Å². The first kappa shape index (κ1) is 14.7. The van der Waals surface area contributed by atoms with E-state index >= 15 is 0 Å². The summed E-state index contributed by atoms with van der Waals surface area (Å²) in [5, 5.41) is 6.08. The summed E-state index contributed by atoms with van der Waals surface area (Å²) in [5.74, 6) is 0.0347. The van der Waals surface area contributed by atoms with Crippen molar-refractivity contribution in [3.63, 3.8) is 0 Å². The van der Waals surface area contributed by atoms with Gasteiger partial charge in [-0.25, -0.2) is 0 Å². The maximum atomic E-state index is 11.6. The Morgan fingerprint density at radius 2 is 1.94 bits per heavy atom. The molecule has 0 aliphatic heterocycles. The number of carbonyl (C=O) groups excluding carboxylic acids is 1. The molecule has 2 unspecified atom stereocenters. The molecule has 0 aliphatic carbocycles. The average Bonchev–Trinajstić information content (AvgIpc) is 2.43. The molecule has 0 aliphatic rings. The van der Waals surface area contributed by atoms with Crippen molar-refractivity contribution in [1.29, 1.82) is 0 Å². The molecule has 0 saturated carbocycles. The Kier molecular flexibility index (Phi) is 6.44. The van der Waals surface area contributed by atoms with E-state index in [0.29, 0.717) is 0 Å². The molecule has 2 atom stereocenters. The zero-order chi connectivity index (χ0) is 13.4. The average molecular weight is 248 g/mol. The van der Waals surface area contributed by atoms with Crippen LogP contribution in [0.5, 0.6) is 0 Å². The Morgan fingerprint density at radius 1 is 1.28 bits per heavy atom. The van der Waals surface area contributed by atoms with Gasteiger partial charge in [0.15, 0.2) is 0 Å². The number of hydrogen-bond donors (Lipinski definition) is 2. The molecule has 0 saturated heterocycles. The highest BCUT2D eigenvalue weighted by atomic mass is 16.2. The molecular formula is C15H24N2O. The zero-order valence-corrected chi connectivity index (χ0v) is 11.6. The summed E-state index contributed by atoms with van der Waals surface area (Å²) in [5.41, 5.74) is 1.25. The predicted molar refractivity (Wildman–Crippen MR) is 75.4 cm³/mol. The summed E-state index contributed by atoms with van der Waals surface area (Å²) in [6.45, 7) is 4.09. The van der Waals surface area contributed by atoms with Gasteiger partial charge in [0, 0.05) is 13.1 Å². The molecule has 100 valence electrons. The third-order valence-electron chi connectivity index (χ3n) is 3.14. The van der Waals surface area contributed by atoms with E-state index in [0.717, 1.165) is 12.8 Å². The van der Waals surface area contributed by atoms with E-state index in [1.807, 2.05) is 25.1 Å². The summed E-state index contributed by atoms with van der Waals surface area (Å²) in [6.07, 6.45) is 3.38. The second kappa shape index (κ2) is 7.88. The third kappa shape index (κ3) is 4.49. The van der Waals surface area contributed by atoms with Crippen molar-refractivity contribution >= 4 is 5.91 Å². The van der Waals surface area contributed by atoms with Crippen molar-refractivity contribution in [2.45, 2.75) is 45.2 Å². The van der Waals surface area contributed by atoms with Gasteiger partial charge in [-0.3, -0.25) is 10.1 Å². The Balaban J connectivity index is 2.70. The maximum Gasteiger partial charge on any atom is 0.236 e. The maximum absolute atomic E-state index is 11.6. The molecule has 3 heteroatoms. The highest BCUT2D eigenvalue weighted by Crippen LogP contribution is 2.19. The largest absolute Gasteiger partial charge is 0.358 e. The smallest absolute Gasteiger partial charge is 0.236 e. The number of hydrogen-bond acceptors (Lipinski definition) is 2. The van der Waals surface area contributed by atoms with Crippen molar-refractivity contribution in [2.75, 3.05) is 7.05 Å². The molecule has 1 rings (SSSR count). The van der Waals surface area contributed by atoms with Gasteiger partial charge in [-0.15, -0.1) is 0 Å². The summed E-state index contributed by atoms with van der Waals surface area (Å²) < 4.78 is 0. The zero-order valence-electron chi connectivity index (χ0n) is 11.6. The number of nitrogens with one attached hydrogen (secondary N) is 2. The standard InChI is InChI=1S/C15H24N2O/c1-4-5-11-14(13-9-7-6-8-10-13)17-12(2)15(18)16-3/h6-10,12,14,17H,4-5,11H2,1-3H3,(H,16,18). The van der Waals surface area contributed by atoms with Gasteiger partial charge in [-0.2, -0.15) is 0 Å². The fourth-order valence-electron chi connectivity index (χ4n) is 2.03. The van der Waals surface area contributed by atoms with Gasteiger partial charge in [-0.05, 0) is 18.9 Å². The van der Waals surface area contributed by atoms with Crippen LogP contribution in [0.2, 0.25) is 0 Å². The Bertz CT molecular complexity index is 351. The molecule has 1 amide bonds. The second-order valence-electron chi connectivity index (χ2n) is 4.61. The summed E-state index contributed by atoms with van der Waals surface area (Å²) in [6, 6.07) is 10.4. The molecule has 18 heavy (non-hydrogen) atoms. The van der Waals surface area contributed by atoms with Crippen LogP contribution in [-0.2, 0) is 4.79 Å². The van der Waals surface area contributed by atoms with Crippen molar-refractivity contribution in [2.24, 2.45) is 0 Å². The van der Waals surface area contributed by atoms with Gasteiger partial charge in [0.1, 0.15) is 0 Å². The normalized spacial score (nSPS) is 13.9. The van der Waals surface area contributed by atoms with Crippen LogP contribution in [0, 0.1) is 0 Å². The fraction of sp³-hybridized carbons (Fsp3) is 0.533. The van der Waals surface area contributed by atoms with E-state index in [-0.39, 0.29) is 18.0 Å². The van der Waals surface area contributed by atoms with Gasteiger partial charge in [0.25, 0.3) is 0 Å². The molecule has 1 aromatic rings. The molecule has 0 spiro atoms. The van der Waals surface area contributed by atoms with Crippen LogP contribution in [0.3, 0.4) is 0 Å². The van der Waals surface area contributed by atoms with Crippen molar-refractivity contribution in [3.05, 3.63) is 35.9 Å². The number of unbranched alkanes of at least 4 members (excludes halogenated alkanes) is 1. The molecule has 0 fully saturated rings. The van der Waals surface area contributed by atoms with Crippen LogP contribution in [0.1, 0.15) is 44.7 Å². The molecular weight excluding hydrogens is 224 g/mol. The first-order valence-electron chi connectivity index (χ1n) is 6.71. The lowest BCUT2D eigenvalue weighted by Gasteiger charge is -2.23. The van der Waals surface area contributed by atoms with Crippen molar-refractivity contribution in [1.82, 2.24) is 10.6 Å². The quantitative estimate of drug-likeness (QED) is 0.779. The second-order valence-corrected chi connectivity index (χ2v) is 4.61. The minimum absolute atomic E-state index is 0.0347. The lowest BCUT2D eigenvalue weighted by molar-refractivity contribution is -0.122. The number of benzene rings is 1. The van der Waals surface area contributed by atoms with Crippen LogP contribution < -0.4 is 10.6 Å². The van der Waals surface area contributed by atoms with E-state index in [1.165, 1.54) is 12.0 Å². The Morgan fingerprint density at radius 3 is 2.50 bits per heavy atom. The number of rotatable bonds is 7. The van der Waals surface area contributed by atoms with Gasteiger partial charge in [-0.1, -0.05) is 50.1 Å². The summed E-state index contributed by atoms with van der Waals surface area (Å²) >= 11 is 0. The Labute approximate surface area is 110 Å². The van der Waals surface area contributed by atoms with Crippen molar-refractivity contribution in [3.8, 4) is 0 Å². The van der Waals surface area contributed by atoms with E-state index in [1.54, 1.807) is 7.05 Å². The minimum atomic E-state index is -0.169. The number of amides is 1. The van der Waals surface area contributed by atoms with Gasteiger partial charge < -0.3 is 5.32 Å². The molecule has 0 radical (unpaired) electrons. The molecule has 3 nitrogen and oxygen atoms in total. The highest BCUT2D eigenvalue weighted by Gasteiger charge is 2.17. The number of carbonyl (C=O) groups is 1. The summed E-state index contributed by atoms with van der Waals surface area (Å²) in [4.78, 5) is 11.6. The monoisotopic (exact) mass is 248 g/mol. The fourth-order valence-corrected chi connectivity index (χ4v) is 2.03. The summed E-state index contributed by atoms with van der Waals surface area (Å²) in [7, 11) is 1.67. The van der Waals surface area contributed by atoms with Crippen LogP contribution in [0.4, 0.5) is 0 Å². The molecule has 0 aromatic heterocycles. The number of likely N-dealkylation sites (N-methyl/N-ethyl adjacent to an activating group) is 1. The van der Waals surface area contributed by atoms with Gasteiger partial charge in [0.2, 0.25) is 5.91 Å². The topological polar surface area (TPSA) is 41.1 Å². The van der Waals surface area contributed by atoms with Gasteiger partial charge >= 0.3 is 0 Å². The minimum Gasteiger partial charge on any atom is -0.358 e. The van der Waals surface area contributed by atoms with E-state index in [4.69, 9.17) is 0 Å². The van der Waals surface area contributed by atoms with Crippen LogP contribution in [-0.4, -0.2) is 19.0 Å². The molecule has 0 bridgehead atoms. The highest BCUT2D eigenvalue weighted by molar-refractivity contribution is 5.80. The lowest BCUT2D eigenvalue weighted by atomic mass is 10.0. The van der Waals surface area contributed by atoms with E-state index in [9.17, 15) is 4.79 Å². The molecule has 0 heterocycles. The lowest BCUT2D eigenvalue weighted by Crippen LogP contribution is -2.42. The predicted octanol–water partition coefficient (Wildman–Crippen LogP) is 2.64. The SMILES string of the molecule is CCCCC(NC(C)C(=O)NC)c1ccccc1. The molecule has 2 N–H and O–H groups in total. The van der Waals surface area contributed by atoms with Crippen LogP contribution in [0.15, 0.2) is 30.3 Å². The third-order valence-corrected chi connectivity index (χ3v) is 3.14. The van der Waals surface area contributed by atoms with Crippen molar-refractivity contribution < 1.29 is 4.79 Å². The van der Waals surface area contributed by atoms with Crippen LogP contribution >= 0.6 is 0 Å².